The molecule has 0 bridgehead atoms. The predicted octanol–water partition coefficient (Wildman–Crippen LogP) is 2.50. The zero-order valence-electron chi connectivity index (χ0n) is 12.7. The topological polar surface area (TPSA) is 79.4 Å². The van der Waals surface area contributed by atoms with Crippen LogP contribution in [-0.2, 0) is 11.2 Å². The van der Waals surface area contributed by atoms with Crippen molar-refractivity contribution in [1.82, 2.24) is 4.98 Å². The van der Waals surface area contributed by atoms with Crippen molar-refractivity contribution in [3.63, 3.8) is 0 Å². The molecular weight excluding hydrogens is 282 g/mol. The molecule has 0 saturated heterocycles. The van der Waals surface area contributed by atoms with E-state index in [-0.39, 0.29) is 17.2 Å². The van der Waals surface area contributed by atoms with Crippen LogP contribution >= 0.6 is 0 Å². The molecule has 1 aliphatic rings. The number of aromatic hydroxyl groups is 1. The Morgan fingerprint density at radius 1 is 1.41 bits per heavy atom. The molecule has 0 saturated carbocycles. The maximum atomic E-state index is 12.2. The summed E-state index contributed by atoms with van der Waals surface area (Å²) in [5.41, 5.74) is 3.31. The monoisotopic (exact) mass is 299 g/mol. The Balaban J connectivity index is 2.35. The highest BCUT2D eigenvalue weighted by molar-refractivity contribution is 5.93. The van der Waals surface area contributed by atoms with Gasteiger partial charge in [-0.2, -0.15) is 0 Å². The molecule has 2 aromatic rings. The highest BCUT2D eigenvalue weighted by Gasteiger charge is 2.30. The van der Waals surface area contributed by atoms with Gasteiger partial charge in [0.2, 0.25) is 0 Å². The van der Waals surface area contributed by atoms with Gasteiger partial charge in [0.15, 0.2) is 5.56 Å². The standard InChI is InChI=1S/C17H17NO4/c1-8-4-5-10-7-9(2)12-14(11(10)6-8)18-16(20)13(15(12)19)17(21)22-3/h4-6,9H,7H2,1-3H3,(H2,18,19,20). The molecular formula is C17H17NO4. The van der Waals surface area contributed by atoms with Gasteiger partial charge in [-0.15, -0.1) is 0 Å². The van der Waals surface area contributed by atoms with E-state index in [9.17, 15) is 14.7 Å². The molecule has 22 heavy (non-hydrogen) atoms. The summed E-state index contributed by atoms with van der Waals surface area (Å²) in [6.45, 7) is 3.93. The van der Waals surface area contributed by atoms with Crippen LogP contribution in [0.25, 0.3) is 11.3 Å². The molecule has 1 heterocycles. The highest BCUT2D eigenvalue weighted by Crippen LogP contribution is 2.43. The molecule has 1 aromatic heterocycles. The molecule has 0 spiro atoms. The van der Waals surface area contributed by atoms with E-state index < -0.39 is 11.5 Å². The van der Waals surface area contributed by atoms with Crippen LogP contribution < -0.4 is 5.56 Å². The third-order valence-electron chi connectivity index (χ3n) is 4.17. The average molecular weight is 299 g/mol. The second-order valence-corrected chi connectivity index (χ2v) is 5.72. The molecule has 3 rings (SSSR count). The van der Waals surface area contributed by atoms with Crippen LogP contribution in [-0.4, -0.2) is 23.2 Å². The van der Waals surface area contributed by atoms with Gasteiger partial charge in [0, 0.05) is 11.1 Å². The number of aryl methyl sites for hydroxylation is 1. The number of hydrogen-bond acceptors (Lipinski definition) is 4. The number of esters is 1. The van der Waals surface area contributed by atoms with Crippen LogP contribution in [0.4, 0.5) is 0 Å². The van der Waals surface area contributed by atoms with Crippen molar-refractivity contribution in [2.75, 3.05) is 7.11 Å². The van der Waals surface area contributed by atoms with Crippen molar-refractivity contribution in [3.8, 4) is 17.0 Å². The first-order chi connectivity index (χ1) is 10.4. The first kappa shape index (κ1) is 14.4. The molecule has 1 aliphatic carbocycles. The van der Waals surface area contributed by atoms with E-state index in [4.69, 9.17) is 0 Å². The molecule has 0 amide bonds. The summed E-state index contributed by atoms with van der Waals surface area (Å²) in [5.74, 6) is -1.11. The van der Waals surface area contributed by atoms with Crippen LogP contribution in [0.5, 0.6) is 5.75 Å². The van der Waals surface area contributed by atoms with Crippen LogP contribution in [0.3, 0.4) is 0 Å². The summed E-state index contributed by atoms with van der Waals surface area (Å²) in [6.07, 6.45) is 0.739. The number of ether oxygens (including phenoxy) is 1. The van der Waals surface area contributed by atoms with Gasteiger partial charge in [0.25, 0.3) is 5.56 Å². The summed E-state index contributed by atoms with van der Waals surface area (Å²) in [7, 11) is 1.18. The maximum absolute atomic E-state index is 12.2. The van der Waals surface area contributed by atoms with Crippen LogP contribution in [0.2, 0.25) is 0 Å². The molecule has 1 atom stereocenters. The number of fused-ring (bicyclic) bond motifs is 3. The van der Waals surface area contributed by atoms with E-state index in [1.54, 1.807) is 0 Å². The SMILES string of the molecule is COC(=O)c1c(O)c2c([nH]c1=O)-c1cc(C)ccc1CC2C. The van der Waals surface area contributed by atoms with Gasteiger partial charge in [0.1, 0.15) is 5.75 Å². The molecule has 5 nitrogen and oxygen atoms in total. The van der Waals surface area contributed by atoms with Crippen LogP contribution in [0, 0.1) is 6.92 Å². The van der Waals surface area contributed by atoms with Crippen molar-refractivity contribution in [1.29, 1.82) is 0 Å². The zero-order chi connectivity index (χ0) is 16.0. The minimum absolute atomic E-state index is 0.00883. The lowest BCUT2D eigenvalue weighted by Gasteiger charge is -2.26. The van der Waals surface area contributed by atoms with E-state index in [1.807, 2.05) is 32.0 Å². The van der Waals surface area contributed by atoms with Crippen molar-refractivity contribution >= 4 is 5.97 Å². The first-order valence-corrected chi connectivity index (χ1v) is 7.11. The van der Waals surface area contributed by atoms with Crippen molar-refractivity contribution in [3.05, 3.63) is 50.8 Å². The normalized spacial score (nSPS) is 15.9. The minimum Gasteiger partial charge on any atom is -0.506 e. The number of nitrogens with one attached hydrogen (secondary N) is 1. The number of rotatable bonds is 1. The number of methoxy groups -OCH3 is 1. The van der Waals surface area contributed by atoms with Crippen molar-refractivity contribution < 1.29 is 14.6 Å². The quantitative estimate of drug-likeness (QED) is 0.793. The van der Waals surface area contributed by atoms with Crippen molar-refractivity contribution in [2.45, 2.75) is 26.2 Å². The van der Waals surface area contributed by atoms with Crippen LogP contribution in [0.15, 0.2) is 23.0 Å². The Labute approximate surface area is 127 Å². The summed E-state index contributed by atoms with van der Waals surface area (Å²) >= 11 is 0. The van der Waals surface area contributed by atoms with Gasteiger partial charge in [-0.25, -0.2) is 4.79 Å². The third-order valence-corrected chi connectivity index (χ3v) is 4.17. The van der Waals surface area contributed by atoms with E-state index in [1.165, 1.54) is 7.11 Å². The first-order valence-electron chi connectivity index (χ1n) is 7.11. The zero-order valence-corrected chi connectivity index (χ0v) is 12.7. The molecule has 2 N–H and O–H groups in total. The Bertz CT molecular complexity index is 835. The molecule has 0 aliphatic heterocycles. The van der Waals surface area contributed by atoms with Gasteiger partial charge in [-0.1, -0.05) is 24.6 Å². The molecule has 0 fully saturated rings. The summed E-state index contributed by atoms with van der Waals surface area (Å²) in [5, 5.41) is 10.5. The Hall–Kier alpha value is -2.56. The molecule has 0 radical (unpaired) electrons. The number of pyridine rings is 1. The fourth-order valence-electron chi connectivity index (χ4n) is 3.12. The summed E-state index contributed by atoms with van der Waals surface area (Å²) in [4.78, 5) is 26.7. The third kappa shape index (κ3) is 2.01. The summed E-state index contributed by atoms with van der Waals surface area (Å²) < 4.78 is 4.59. The van der Waals surface area contributed by atoms with Gasteiger partial charge < -0.3 is 14.8 Å². The molecule has 1 unspecified atom stereocenters. The lowest BCUT2D eigenvalue weighted by Crippen LogP contribution is -2.24. The number of aromatic amines is 1. The highest BCUT2D eigenvalue weighted by atomic mass is 16.5. The Morgan fingerprint density at radius 2 is 2.14 bits per heavy atom. The second-order valence-electron chi connectivity index (χ2n) is 5.72. The van der Waals surface area contributed by atoms with Crippen LogP contribution in [0.1, 0.15) is 39.9 Å². The van der Waals surface area contributed by atoms with Crippen molar-refractivity contribution in [2.24, 2.45) is 0 Å². The van der Waals surface area contributed by atoms with E-state index >= 15 is 0 Å². The van der Waals surface area contributed by atoms with E-state index in [0.717, 1.165) is 23.1 Å². The molecule has 114 valence electrons. The fraction of sp³-hybridized carbons (Fsp3) is 0.294. The number of carbonyl (C=O) groups is 1. The lowest BCUT2D eigenvalue weighted by atomic mass is 9.80. The largest absolute Gasteiger partial charge is 0.506 e. The number of H-pyrrole nitrogens is 1. The van der Waals surface area contributed by atoms with E-state index in [0.29, 0.717) is 11.3 Å². The number of aromatic nitrogens is 1. The Morgan fingerprint density at radius 3 is 2.82 bits per heavy atom. The lowest BCUT2D eigenvalue weighted by molar-refractivity contribution is 0.0595. The van der Waals surface area contributed by atoms with E-state index in [2.05, 4.69) is 9.72 Å². The molecule has 1 aromatic carbocycles. The Kier molecular flexibility index (Phi) is 3.28. The smallest absolute Gasteiger partial charge is 0.347 e. The van der Waals surface area contributed by atoms with Gasteiger partial charge >= 0.3 is 5.97 Å². The number of hydrogen-bond donors (Lipinski definition) is 2. The number of benzene rings is 1. The second kappa shape index (κ2) is 5.02. The minimum atomic E-state index is -0.830. The van der Waals surface area contributed by atoms with Gasteiger partial charge in [0.05, 0.1) is 12.8 Å². The van der Waals surface area contributed by atoms with Gasteiger partial charge in [-0.3, -0.25) is 4.79 Å². The number of carbonyl (C=O) groups excluding carboxylic acids is 1. The summed E-state index contributed by atoms with van der Waals surface area (Å²) in [6, 6.07) is 6.04. The van der Waals surface area contributed by atoms with Gasteiger partial charge in [-0.05, 0) is 30.9 Å². The fourth-order valence-corrected chi connectivity index (χ4v) is 3.12. The maximum Gasteiger partial charge on any atom is 0.347 e. The molecule has 5 heteroatoms. The predicted molar refractivity (Wildman–Crippen MR) is 82.4 cm³/mol. The average Bonchev–Trinajstić information content (AvgIpc) is 2.47.